The zero-order chi connectivity index (χ0) is 21.3. The van der Waals surface area contributed by atoms with Gasteiger partial charge in [-0.3, -0.25) is 10.1 Å². The van der Waals surface area contributed by atoms with Crippen LogP contribution in [0.2, 0.25) is 0 Å². The fraction of sp³-hybridized carbons (Fsp3) is 0.765. The number of nitrogens with zero attached hydrogens (tertiary/aromatic N) is 3. The number of aliphatic hydroxyl groups excluding tert-OH is 5. The van der Waals surface area contributed by atoms with E-state index in [-0.39, 0.29) is 43.4 Å². The average molecular weight is 427 g/mol. The Kier molecular flexibility index (Phi) is 4.75. The Balaban J connectivity index is 1.35. The summed E-state index contributed by atoms with van der Waals surface area (Å²) in [6, 6.07) is -0.527. The minimum Gasteiger partial charge on any atom is -0.394 e. The van der Waals surface area contributed by atoms with E-state index >= 15 is 0 Å². The molecule has 5 rings (SSSR count). The van der Waals surface area contributed by atoms with Gasteiger partial charge >= 0.3 is 0 Å². The van der Waals surface area contributed by atoms with Crippen LogP contribution in [0.1, 0.15) is 6.42 Å². The van der Waals surface area contributed by atoms with Gasteiger partial charge in [0, 0.05) is 6.42 Å². The molecule has 1 amide bonds. The van der Waals surface area contributed by atoms with Gasteiger partial charge in [0.05, 0.1) is 31.6 Å². The van der Waals surface area contributed by atoms with Crippen molar-refractivity contribution >= 4 is 11.7 Å². The maximum absolute atomic E-state index is 13.0. The van der Waals surface area contributed by atoms with Crippen molar-refractivity contribution in [2.45, 2.75) is 61.4 Å². The molecule has 8 N–H and O–H groups in total. The van der Waals surface area contributed by atoms with E-state index in [0.29, 0.717) is 5.57 Å². The number of carbonyl (C=O) groups is 1. The monoisotopic (exact) mass is 427 g/mol. The van der Waals surface area contributed by atoms with Crippen molar-refractivity contribution in [1.82, 2.24) is 15.1 Å². The van der Waals surface area contributed by atoms with Crippen molar-refractivity contribution in [3.05, 3.63) is 11.4 Å². The van der Waals surface area contributed by atoms with Crippen LogP contribution in [-0.2, 0) is 14.3 Å². The molecule has 4 aliphatic heterocycles. The third-order valence-electron chi connectivity index (χ3n) is 6.33. The largest absolute Gasteiger partial charge is 0.394 e. The van der Waals surface area contributed by atoms with E-state index in [9.17, 15) is 30.3 Å². The molecule has 5 unspecified atom stereocenters. The highest BCUT2D eigenvalue weighted by atomic mass is 16.6. The number of hydrogen-bond donors (Lipinski definition) is 7. The van der Waals surface area contributed by atoms with Crippen molar-refractivity contribution < 1.29 is 39.8 Å². The number of nitrogens with two attached hydrogens (primary N) is 1. The third kappa shape index (κ3) is 2.93. The topological polar surface area (TPSA) is 197 Å². The molecular weight excluding hydrogens is 402 g/mol. The van der Waals surface area contributed by atoms with Gasteiger partial charge in [0.2, 0.25) is 0 Å². The third-order valence-corrected chi connectivity index (χ3v) is 6.33. The van der Waals surface area contributed by atoms with Gasteiger partial charge in [0.15, 0.2) is 6.23 Å². The molecule has 13 heteroatoms. The van der Waals surface area contributed by atoms with Crippen LogP contribution in [0.25, 0.3) is 0 Å². The number of aliphatic imine (C=N–C) groups is 1. The van der Waals surface area contributed by atoms with Gasteiger partial charge in [-0.15, -0.1) is 0 Å². The molecule has 0 aromatic carbocycles. The summed E-state index contributed by atoms with van der Waals surface area (Å²) in [6.45, 7) is -0.481. The number of nitrogens with one attached hydrogen (secondary N) is 1. The van der Waals surface area contributed by atoms with Crippen LogP contribution in [0.5, 0.6) is 0 Å². The van der Waals surface area contributed by atoms with Gasteiger partial charge in [-0.25, -0.2) is 4.99 Å². The lowest BCUT2D eigenvalue weighted by molar-refractivity contribution is -0.141. The maximum Gasteiger partial charge on any atom is 0.256 e. The quantitative estimate of drug-likeness (QED) is 0.207. The Morgan fingerprint density at radius 2 is 1.87 bits per heavy atom. The number of ether oxygens (including phenoxy) is 2. The molecule has 0 bridgehead atoms. The molecule has 166 valence electrons. The molecule has 1 saturated carbocycles. The zero-order valence-corrected chi connectivity index (χ0v) is 15.9. The Hall–Kier alpha value is -1.84. The lowest BCUT2D eigenvalue weighted by Gasteiger charge is -2.40. The van der Waals surface area contributed by atoms with Crippen LogP contribution in [-0.4, -0.2) is 122 Å². The summed E-state index contributed by atoms with van der Waals surface area (Å²) in [6.07, 6.45) is -7.20. The summed E-state index contributed by atoms with van der Waals surface area (Å²) in [7, 11) is 0. The van der Waals surface area contributed by atoms with Crippen molar-refractivity contribution in [2.75, 3.05) is 19.9 Å². The lowest BCUT2D eigenvalue weighted by Crippen LogP contribution is -2.57. The SMILES string of the molecule is NC1=NC2=C(C1)C(=O)N(CNC1C(O)C(O)C3OC13)CN2[C@@H]1O[C@H](CO)[C@@H](O)[C@H]1O. The molecule has 30 heavy (non-hydrogen) atoms. The predicted molar refractivity (Wildman–Crippen MR) is 97.0 cm³/mol. The van der Waals surface area contributed by atoms with Gasteiger partial charge in [0.25, 0.3) is 5.91 Å². The van der Waals surface area contributed by atoms with E-state index in [4.69, 9.17) is 15.2 Å². The first-order valence-electron chi connectivity index (χ1n) is 9.81. The average Bonchev–Trinajstić information content (AvgIpc) is 3.25. The van der Waals surface area contributed by atoms with Crippen LogP contribution in [0.3, 0.4) is 0 Å². The molecule has 0 aromatic heterocycles. The molecule has 5 aliphatic rings. The molecule has 9 atom stereocenters. The van der Waals surface area contributed by atoms with E-state index in [1.807, 2.05) is 0 Å². The Morgan fingerprint density at radius 1 is 1.10 bits per heavy atom. The lowest BCUT2D eigenvalue weighted by atomic mass is 10.1. The van der Waals surface area contributed by atoms with E-state index in [0.717, 1.165) is 0 Å². The van der Waals surface area contributed by atoms with Crippen molar-refractivity contribution in [2.24, 2.45) is 10.7 Å². The minimum absolute atomic E-state index is 0.0296. The second-order valence-electron chi connectivity index (χ2n) is 8.20. The molecule has 1 aliphatic carbocycles. The van der Waals surface area contributed by atoms with E-state index in [1.165, 1.54) is 9.80 Å². The number of hydrogen-bond acceptors (Lipinski definition) is 12. The summed E-state index contributed by atoms with van der Waals surface area (Å²) in [4.78, 5) is 20.1. The van der Waals surface area contributed by atoms with Gasteiger partial charge < -0.3 is 50.5 Å². The van der Waals surface area contributed by atoms with Gasteiger partial charge in [-0.1, -0.05) is 0 Å². The summed E-state index contributed by atoms with van der Waals surface area (Å²) in [5.74, 6) is 0.194. The second kappa shape index (κ2) is 7.10. The van der Waals surface area contributed by atoms with Crippen LogP contribution in [0.4, 0.5) is 0 Å². The maximum atomic E-state index is 13.0. The highest BCUT2D eigenvalue weighted by molar-refractivity contribution is 6.03. The second-order valence-corrected chi connectivity index (χ2v) is 8.20. The highest BCUT2D eigenvalue weighted by Gasteiger charge is 2.61. The number of rotatable bonds is 5. The van der Waals surface area contributed by atoms with Gasteiger partial charge in [-0.2, -0.15) is 0 Å². The van der Waals surface area contributed by atoms with Crippen molar-refractivity contribution in [3.63, 3.8) is 0 Å². The Bertz CT molecular complexity index is 807. The molecule has 4 heterocycles. The van der Waals surface area contributed by atoms with Crippen molar-refractivity contribution in [1.29, 1.82) is 0 Å². The first-order valence-corrected chi connectivity index (χ1v) is 9.81. The fourth-order valence-corrected chi connectivity index (χ4v) is 4.63. The standard InChI is InChI=1S/C17H25N5O8/c18-7-1-5-15(20-7)22(17-12(27)9(24)6(2-23)29-17)4-21(16(5)28)3-19-8-10(25)11(26)14-13(8)30-14/h6,8-14,17,19,23-27H,1-4H2,(H2,18,20)/t6-,8?,9-,10?,11?,12-,13?,14?,17-/m1/s1. The molecule has 0 radical (unpaired) electrons. The zero-order valence-electron chi connectivity index (χ0n) is 15.9. The summed E-state index contributed by atoms with van der Waals surface area (Å²) < 4.78 is 10.9. The molecular formula is C17H25N5O8. The number of aliphatic hydroxyl groups is 5. The minimum atomic E-state index is -1.33. The molecule has 0 spiro atoms. The van der Waals surface area contributed by atoms with E-state index in [1.54, 1.807) is 0 Å². The predicted octanol–water partition coefficient (Wildman–Crippen LogP) is -5.08. The summed E-state index contributed by atoms with van der Waals surface area (Å²) in [5, 5.41) is 53.0. The molecule has 2 saturated heterocycles. The van der Waals surface area contributed by atoms with Crippen LogP contribution in [0.15, 0.2) is 16.4 Å². The number of amidine groups is 1. The van der Waals surface area contributed by atoms with Crippen molar-refractivity contribution in [3.8, 4) is 0 Å². The Labute approximate surface area is 171 Å². The van der Waals surface area contributed by atoms with Gasteiger partial charge in [-0.05, 0) is 0 Å². The number of epoxide rings is 1. The first-order chi connectivity index (χ1) is 14.3. The normalized spacial score (nSPS) is 45.2. The fourth-order valence-electron chi connectivity index (χ4n) is 4.63. The molecule has 13 nitrogen and oxygen atoms in total. The smallest absolute Gasteiger partial charge is 0.256 e. The van der Waals surface area contributed by atoms with Gasteiger partial charge in [0.1, 0.15) is 54.4 Å². The number of carbonyl (C=O) groups excluding carboxylic acids is 1. The first kappa shape index (κ1) is 20.1. The molecule has 3 fully saturated rings. The number of fused-ring (bicyclic) bond motifs is 1. The van der Waals surface area contributed by atoms with E-state index in [2.05, 4.69) is 10.3 Å². The molecule has 0 aromatic rings. The van der Waals surface area contributed by atoms with Crippen LogP contribution >= 0.6 is 0 Å². The summed E-state index contributed by atoms with van der Waals surface area (Å²) in [5.41, 5.74) is 6.16. The van der Waals surface area contributed by atoms with E-state index < -0.39 is 55.5 Å². The van der Waals surface area contributed by atoms with Crippen LogP contribution < -0.4 is 11.1 Å². The van der Waals surface area contributed by atoms with Crippen LogP contribution in [0, 0.1) is 0 Å². The number of amides is 1. The highest BCUT2D eigenvalue weighted by Crippen LogP contribution is 2.39. The Morgan fingerprint density at radius 3 is 2.50 bits per heavy atom. The summed E-state index contributed by atoms with van der Waals surface area (Å²) >= 11 is 0.